The second-order valence-corrected chi connectivity index (χ2v) is 6.45. The predicted molar refractivity (Wildman–Crippen MR) is 90.0 cm³/mol. The molecule has 0 saturated carbocycles. The number of rotatable bonds is 3. The fourth-order valence-corrected chi connectivity index (χ4v) is 3.49. The Morgan fingerprint density at radius 2 is 2.05 bits per heavy atom. The molecule has 21 heavy (non-hydrogen) atoms. The third kappa shape index (κ3) is 3.10. The zero-order chi connectivity index (χ0) is 14.8. The van der Waals surface area contributed by atoms with Gasteiger partial charge in [-0.25, -0.2) is 0 Å². The van der Waals surface area contributed by atoms with Gasteiger partial charge in [0, 0.05) is 33.1 Å². The molecule has 0 amide bonds. The van der Waals surface area contributed by atoms with Crippen LogP contribution in [0.1, 0.15) is 36.6 Å². The van der Waals surface area contributed by atoms with Gasteiger partial charge in [0.1, 0.15) is 11.9 Å². The second-order valence-electron chi connectivity index (χ2n) is 5.16. The summed E-state index contributed by atoms with van der Waals surface area (Å²) < 4.78 is 7.24. The van der Waals surface area contributed by atoms with Gasteiger partial charge < -0.3 is 10.1 Å². The van der Waals surface area contributed by atoms with E-state index in [-0.39, 0.29) is 6.10 Å². The van der Waals surface area contributed by atoms with Crippen LogP contribution in [0.15, 0.2) is 46.9 Å². The van der Waals surface area contributed by atoms with Gasteiger partial charge in [-0.3, -0.25) is 0 Å². The van der Waals surface area contributed by atoms with E-state index in [1.54, 1.807) is 0 Å². The number of hydrogen-bond acceptors (Lipinski definition) is 2. The summed E-state index contributed by atoms with van der Waals surface area (Å²) in [7, 11) is 0. The van der Waals surface area contributed by atoms with E-state index >= 15 is 0 Å². The fourth-order valence-electron chi connectivity index (χ4n) is 2.81. The maximum atomic E-state index is 6.20. The van der Waals surface area contributed by atoms with Crippen molar-refractivity contribution >= 4 is 27.5 Å². The Labute approximate surface area is 138 Å². The van der Waals surface area contributed by atoms with Gasteiger partial charge in [0.05, 0.1) is 0 Å². The molecule has 1 aliphatic rings. The number of benzene rings is 2. The highest BCUT2D eigenvalue weighted by Gasteiger charge is 2.29. The van der Waals surface area contributed by atoms with E-state index in [1.807, 2.05) is 30.3 Å². The molecule has 2 aromatic rings. The zero-order valence-corrected chi connectivity index (χ0v) is 14.1. The standard InChI is InChI=1S/C17H17BrClNO/c1-2-20-15-10-17(13-9-11(19)7-8-14(13)18)21-16-6-4-3-5-12(15)16/h3-9,15,17,20H,2,10H2,1H3. The smallest absolute Gasteiger partial charge is 0.127 e. The summed E-state index contributed by atoms with van der Waals surface area (Å²) in [6.45, 7) is 3.06. The largest absolute Gasteiger partial charge is 0.485 e. The van der Waals surface area contributed by atoms with Crippen molar-refractivity contribution < 1.29 is 4.74 Å². The number of nitrogens with one attached hydrogen (secondary N) is 1. The highest BCUT2D eigenvalue weighted by molar-refractivity contribution is 9.10. The molecule has 110 valence electrons. The van der Waals surface area contributed by atoms with E-state index in [1.165, 1.54) is 5.56 Å². The molecule has 2 nitrogen and oxygen atoms in total. The van der Waals surface area contributed by atoms with E-state index in [9.17, 15) is 0 Å². The van der Waals surface area contributed by atoms with Gasteiger partial charge in [0.25, 0.3) is 0 Å². The number of hydrogen-bond donors (Lipinski definition) is 1. The SMILES string of the molecule is CCNC1CC(c2cc(Cl)ccc2Br)Oc2ccccc21. The molecule has 2 unspecified atom stereocenters. The van der Waals surface area contributed by atoms with Gasteiger partial charge >= 0.3 is 0 Å². The molecule has 0 fully saturated rings. The van der Waals surface area contributed by atoms with Gasteiger partial charge in [-0.15, -0.1) is 0 Å². The first-order valence-corrected chi connectivity index (χ1v) is 8.30. The van der Waals surface area contributed by atoms with E-state index in [4.69, 9.17) is 16.3 Å². The number of fused-ring (bicyclic) bond motifs is 1. The lowest BCUT2D eigenvalue weighted by Gasteiger charge is -2.33. The van der Waals surface area contributed by atoms with Crippen LogP contribution in [0.25, 0.3) is 0 Å². The molecule has 2 atom stereocenters. The van der Waals surface area contributed by atoms with Crippen molar-refractivity contribution in [2.75, 3.05) is 6.54 Å². The summed E-state index contributed by atoms with van der Waals surface area (Å²) in [5.74, 6) is 0.951. The molecular weight excluding hydrogens is 350 g/mol. The van der Waals surface area contributed by atoms with Crippen LogP contribution in [0.5, 0.6) is 5.75 Å². The van der Waals surface area contributed by atoms with Crippen LogP contribution in [0.4, 0.5) is 0 Å². The van der Waals surface area contributed by atoms with E-state index < -0.39 is 0 Å². The maximum Gasteiger partial charge on any atom is 0.127 e. The lowest BCUT2D eigenvalue weighted by molar-refractivity contribution is 0.151. The summed E-state index contributed by atoms with van der Waals surface area (Å²) in [6, 6.07) is 14.4. The van der Waals surface area contributed by atoms with Crippen molar-refractivity contribution in [2.24, 2.45) is 0 Å². The Balaban J connectivity index is 1.97. The number of halogens is 2. The summed E-state index contributed by atoms with van der Waals surface area (Å²) in [6.07, 6.45) is 0.890. The minimum Gasteiger partial charge on any atom is -0.485 e. The quantitative estimate of drug-likeness (QED) is 0.798. The fraction of sp³-hybridized carbons (Fsp3) is 0.294. The number of para-hydroxylation sites is 1. The average Bonchev–Trinajstić information content (AvgIpc) is 2.50. The molecule has 0 spiro atoms. The molecule has 3 rings (SSSR count). The van der Waals surface area contributed by atoms with Crippen LogP contribution in [0, 0.1) is 0 Å². The van der Waals surface area contributed by atoms with Crippen molar-refractivity contribution in [1.29, 1.82) is 0 Å². The Bertz CT molecular complexity index is 646. The Hall–Kier alpha value is -1.03. The van der Waals surface area contributed by atoms with Gasteiger partial charge in [-0.05, 0) is 30.8 Å². The topological polar surface area (TPSA) is 21.3 Å². The molecule has 0 aromatic heterocycles. The Morgan fingerprint density at radius 1 is 1.24 bits per heavy atom. The average molecular weight is 367 g/mol. The lowest BCUT2D eigenvalue weighted by atomic mass is 9.93. The van der Waals surface area contributed by atoms with Crippen molar-refractivity contribution in [3.05, 3.63) is 63.1 Å². The molecule has 0 radical (unpaired) electrons. The Kier molecular flexibility index (Phi) is 4.53. The third-order valence-corrected chi connectivity index (χ3v) is 4.73. The summed E-state index contributed by atoms with van der Waals surface area (Å²) >= 11 is 9.75. The lowest BCUT2D eigenvalue weighted by Crippen LogP contribution is -2.29. The van der Waals surface area contributed by atoms with E-state index in [0.717, 1.165) is 33.8 Å². The molecule has 0 aliphatic carbocycles. The normalized spacial score (nSPS) is 20.7. The molecule has 0 bridgehead atoms. The van der Waals surface area contributed by atoms with Gasteiger partial charge in [-0.1, -0.05) is 52.7 Å². The van der Waals surface area contributed by atoms with E-state index in [2.05, 4.69) is 40.3 Å². The van der Waals surface area contributed by atoms with Gasteiger partial charge in [-0.2, -0.15) is 0 Å². The molecule has 1 heterocycles. The molecular formula is C17H17BrClNO. The molecule has 1 N–H and O–H groups in total. The number of ether oxygens (including phenoxy) is 1. The van der Waals surface area contributed by atoms with Crippen LogP contribution >= 0.6 is 27.5 Å². The van der Waals surface area contributed by atoms with Crippen molar-refractivity contribution in [2.45, 2.75) is 25.5 Å². The van der Waals surface area contributed by atoms with Crippen molar-refractivity contribution in [3.63, 3.8) is 0 Å². The zero-order valence-electron chi connectivity index (χ0n) is 11.8. The van der Waals surface area contributed by atoms with E-state index in [0.29, 0.717) is 6.04 Å². The molecule has 1 aliphatic heterocycles. The van der Waals surface area contributed by atoms with Crippen LogP contribution in [0.2, 0.25) is 5.02 Å². The summed E-state index contributed by atoms with van der Waals surface area (Å²) in [5, 5.41) is 4.28. The minimum atomic E-state index is -0.00275. The predicted octanol–water partition coefficient (Wildman–Crippen LogP) is 5.28. The van der Waals surface area contributed by atoms with Crippen molar-refractivity contribution in [3.8, 4) is 5.75 Å². The van der Waals surface area contributed by atoms with Crippen LogP contribution in [0.3, 0.4) is 0 Å². The highest BCUT2D eigenvalue weighted by Crippen LogP contribution is 2.42. The van der Waals surface area contributed by atoms with Gasteiger partial charge in [0.2, 0.25) is 0 Å². The maximum absolute atomic E-state index is 6.20. The summed E-state index contributed by atoms with van der Waals surface area (Å²) in [4.78, 5) is 0. The second kappa shape index (κ2) is 6.39. The molecule has 0 saturated heterocycles. The first-order valence-electron chi connectivity index (χ1n) is 7.13. The first kappa shape index (κ1) is 14.9. The van der Waals surface area contributed by atoms with Crippen molar-refractivity contribution in [1.82, 2.24) is 5.32 Å². The summed E-state index contributed by atoms with van der Waals surface area (Å²) in [5.41, 5.74) is 2.33. The van der Waals surface area contributed by atoms with Crippen LogP contribution in [-0.4, -0.2) is 6.54 Å². The molecule has 2 aromatic carbocycles. The Morgan fingerprint density at radius 3 is 2.86 bits per heavy atom. The van der Waals surface area contributed by atoms with Gasteiger partial charge in [0.15, 0.2) is 0 Å². The monoisotopic (exact) mass is 365 g/mol. The third-order valence-electron chi connectivity index (χ3n) is 3.77. The molecule has 4 heteroatoms. The van der Waals surface area contributed by atoms with Crippen LogP contribution < -0.4 is 10.1 Å². The first-order chi connectivity index (χ1) is 10.2. The van der Waals surface area contributed by atoms with Crippen LogP contribution in [-0.2, 0) is 0 Å². The minimum absolute atomic E-state index is 0.00275. The highest BCUT2D eigenvalue weighted by atomic mass is 79.9.